The van der Waals surface area contributed by atoms with Crippen LogP contribution >= 0.6 is 0 Å². The number of fused-ring (bicyclic) bond motifs is 14. The highest BCUT2D eigenvalue weighted by molar-refractivity contribution is 6.24. The quantitative estimate of drug-likeness (QED) is 0.0694. The number of hydrogen-bond acceptors (Lipinski definition) is 13. The number of amides is 1. The third-order valence-corrected chi connectivity index (χ3v) is 11.4. The fraction of sp³-hybridized carbons (Fsp3) is 0.422. The van der Waals surface area contributed by atoms with Crippen molar-refractivity contribution in [3.05, 3.63) is 82.7 Å². The zero-order valence-corrected chi connectivity index (χ0v) is 34.9. The van der Waals surface area contributed by atoms with Crippen LogP contribution in [0.5, 0.6) is 23.0 Å². The molecular weight excluding hydrogens is 760 g/mol. The average Bonchev–Trinajstić information content (AvgIpc) is 3.46. The predicted molar refractivity (Wildman–Crippen MR) is 222 cm³/mol. The number of aromatic hydroxyl groups is 3. The largest absolute Gasteiger partial charge is 0.507 e. The minimum Gasteiger partial charge on any atom is -0.507 e. The van der Waals surface area contributed by atoms with Gasteiger partial charge in [0.05, 0.1) is 52.5 Å². The standard InChI is InChI=1S/C45H54N2O12/c1-21-14-16-29(17-15-21)46-20-30-35-40(53)33-32(39(30)52)34-42(27(7)38(33)51)59-45(9,43(34)54)57-19-18-31(56-10)24(4)41(58-28(8)48)26(6)37(50)25(5)36(49)22(2)12-11-13-23(3)44(55)47-35/h11-20,22,24-26,31,36-37,41,49-53H,1-10H3,(H,47,55)/b12-11+,19-18+,23-13-,46-20?/t22-,24+,25+,26+,31-,36-,37+,41+,45-/m0/s1. The van der Waals surface area contributed by atoms with E-state index in [0.717, 1.165) is 5.56 Å². The topological polar surface area (TPSA) is 214 Å². The van der Waals surface area contributed by atoms with E-state index in [2.05, 4.69) is 10.3 Å². The SMILES string of the molecule is CO[C@H]1/C=C/O[C@@]2(C)Oc3c(C)c(O)c4c(O)c(c(C=Nc5ccc(C)cc5)c(O)c4c3C2=O)NC(=O)/C(C)=C\C=C\[C@H](C)[C@H](O)[C@@H](C)[C@@H](O)[C@@H](C)[C@H](OC(C)=O)[C@@H]1C. The predicted octanol–water partition coefficient (Wildman–Crippen LogP) is 6.81. The number of ketones is 1. The first kappa shape index (κ1) is 44.4. The summed E-state index contributed by atoms with van der Waals surface area (Å²) in [6.07, 6.45) is 4.74. The molecule has 59 heavy (non-hydrogen) atoms. The third-order valence-electron chi connectivity index (χ3n) is 11.4. The van der Waals surface area contributed by atoms with Crippen molar-refractivity contribution in [3.8, 4) is 23.0 Å². The number of benzene rings is 3. The molecule has 316 valence electrons. The molecule has 0 unspecified atom stereocenters. The number of methoxy groups -OCH3 is 1. The molecule has 0 fully saturated rings. The van der Waals surface area contributed by atoms with E-state index >= 15 is 0 Å². The number of anilines is 1. The number of carbonyl (C=O) groups is 3. The smallest absolute Gasteiger partial charge is 0.312 e. The molecule has 3 aromatic carbocycles. The number of hydrogen-bond donors (Lipinski definition) is 6. The molecule has 6 rings (SSSR count). The van der Waals surface area contributed by atoms with Gasteiger partial charge in [0.2, 0.25) is 0 Å². The lowest BCUT2D eigenvalue weighted by molar-refractivity contribution is -0.160. The number of nitrogens with one attached hydrogen (secondary N) is 1. The Morgan fingerprint density at radius 3 is 2.19 bits per heavy atom. The molecule has 3 aliphatic rings. The van der Waals surface area contributed by atoms with Crippen LogP contribution in [-0.2, 0) is 23.8 Å². The lowest BCUT2D eigenvalue weighted by Gasteiger charge is -2.38. The van der Waals surface area contributed by atoms with Gasteiger partial charge >= 0.3 is 11.8 Å². The first-order chi connectivity index (χ1) is 27.7. The van der Waals surface area contributed by atoms with Crippen LogP contribution in [0.1, 0.15) is 75.5 Å². The zero-order valence-electron chi connectivity index (χ0n) is 34.9. The van der Waals surface area contributed by atoms with Crippen LogP contribution in [0.4, 0.5) is 11.4 Å². The number of carbonyl (C=O) groups excluding carboxylic acids is 3. The molecule has 0 radical (unpaired) electrons. The number of phenolic OH excluding ortho intramolecular Hbond substituents is 3. The van der Waals surface area contributed by atoms with Crippen molar-refractivity contribution in [1.29, 1.82) is 0 Å². The van der Waals surface area contributed by atoms with Crippen LogP contribution in [0.3, 0.4) is 0 Å². The molecular formula is C45H54N2O12. The van der Waals surface area contributed by atoms with Gasteiger partial charge in [-0.05, 0) is 39.0 Å². The van der Waals surface area contributed by atoms with Crippen molar-refractivity contribution < 1.29 is 58.9 Å². The maximum Gasteiger partial charge on any atom is 0.312 e. The second-order valence-corrected chi connectivity index (χ2v) is 15.7. The number of ether oxygens (including phenoxy) is 4. The first-order valence-corrected chi connectivity index (χ1v) is 19.4. The van der Waals surface area contributed by atoms with Crippen molar-refractivity contribution in [2.75, 3.05) is 12.4 Å². The molecule has 0 saturated carbocycles. The zero-order chi connectivity index (χ0) is 43.7. The first-order valence-electron chi connectivity index (χ1n) is 19.4. The van der Waals surface area contributed by atoms with E-state index in [0.29, 0.717) is 5.69 Å². The van der Waals surface area contributed by atoms with E-state index in [-0.39, 0.29) is 44.5 Å². The normalized spacial score (nSPS) is 30.1. The maximum absolute atomic E-state index is 14.4. The molecule has 6 N–H and O–H groups in total. The third kappa shape index (κ3) is 8.70. The highest BCUT2D eigenvalue weighted by atomic mass is 16.7. The summed E-state index contributed by atoms with van der Waals surface area (Å²) in [5.41, 5.74) is 0.994. The Hall–Kier alpha value is -5.70. The van der Waals surface area contributed by atoms with Gasteiger partial charge < -0.3 is 49.8 Å². The summed E-state index contributed by atoms with van der Waals surface area (Å²) < 4.78 is 23.6. The van der Waals surface area contributed by atoms with Crippen LogP contribution < -0.4 is 10.1 Å². The van der Waals surface area contributed by atoms with Gasteiger partial charge in [-0.3, -0.25) is 19.4 Å². The van der Waals surface area contributed by atoms with Crippen molar-refractivity contribution >= 4 is 46.0 Å². The van der Waals surface area contributed by atoms with Crippen LogP contribution in [0.15, 0.2) is 65.4 Å². The molecule has 0 aliphatic carbocycles. The number of phenols is 3. The highest BCUT2D eigenvalue weighted by Crippen LogP contribution is 2.55. The van der Waals surface area contributed by atoms with Gasteiger partial charge in [0, 0.05) is 67.4 Å². The molecule has 3 aromatic rings. The fourth-order valence-electron chi connectivity index (χ4n) is 7.64. The number of esters is 1. The highest BCUT2D eigenvalue weighted by Gasteiger charge is 2.50. The van der Waals surface area contributed by atoms with Crippen molar-refractivity contribution in [2.45, 2.75) is 92.5 Å². The summed E-state index contributed by atoms with van der Waals surface area (Å²) in [4.78, 5) is 44.9. The Kier molecular flexibility index (Phi) is 13.3. The Morgan fingerprint density at radius 1 is 0.898 bits per heavy atom. The van der Waals surface area contributed by atoms with Gasteiger partial charge in [-0.1, -0.05) is 63.6 Å². The summed E-state index contributed by atoms with van der Waals surface area (Å²) in [6.45, 7) is 14.4. The molecule has 0 spiro atoms. The summed E-state index contributed by atoms with van der Waals surface area (Å²) in [6, 6.07) is 7.12. The van der Waals surface area contributed by atoms with Crippen LogP contribution in [0, 0.1) is 37.5 Å². The van der Waals surface area contributed by atoms with Gasteiger partial charge in [0.1, 0.15) is 23.4 Å². The van der Waals surface area contributed by atoms with Crippen LogP contribution in [0.25, 0.3) is 10.8 Å². The minimum absolute atomic E-state index is 0.0441. The van der Waals surface area contributed by atoms with Crippen LogP contribution in [-0.4, -0.2) is 86.7 Å². The number of rotatable bonds is 4. The van der Waals surface area contributed by atoms with E-state index in [1.54, 1.807) is 52.0 Å². The van der Waals surface area contributed by atoms with Crippen molar-refractivity contribution in [1.82, 2.24) is 0 Å². The number of aliphatic hydroxyl groups excluding tert-OH is 2. The molecule has 5 bridgehead atoms. The lowest BCUT2D eigenvalue weighted by atomic mass is 9.78. The van der Waals surface area contributed by atoms with Crippen molar-refractivity contribution in [2.24, 2.45) is 28.7 Å². The van der Waals surface area contributed by atoms with E-state index in [4.69, 9.17) is 18.9 Å². The van der Waals surface area contributed by atoms with Crippen LogP contribution in [0.2, 0.25) is 0 Å². The summed E-state index contributed by atoms with van der Waals surface area (Å²) >= 11 is 0. The second-order valence-electron chi connectivity index (χ2n) is 15.7. The van der Waals surface area contributed by atoms with Crippen molar-refractivity contribution in [3.63, 3.8) is 0 Å². The number of aryl methyl sites for hydroxylation is 1. The molecule has 14 heteroatoms. The number of allylic oxidation sites excluding steroid dienone is 2. The number of Topliss-reactive ketones (excluding diaryl/α,β-unsaturated/α-hetero) is 1. The van der Waals surface area contributed by atoms with E-state index in [1.165, 1.54) is 59.4 Å². The van der Waals surface area contributed by atoms with Gasteiger partial charge in [-0.25, -0.2) is 0 Å². The second kappa shape index (κ2) is 17.7. The van der Waals surface area contributed by atoms with E-state index in [1.807, 2.05) is 19.1 Å². The molecule has 3 aliphatic heterocycles. The molecule has 9 atom stereocenters. The van der Waals surface area contributed by atoms with E-state index < -0.39 is 88.8 Å². The van der Waals surface area contributed by atoms with Gasteiger partial charge in [-0.15, -0.1) is 0 Å². The number of aliphatic hydroxyl groups is 2. The summed E-state index contributed by atoms with van der Waals surface area (Å²) in [5.74, 6) is -8.49. The summed E-state index contributed by atoms with van der Waals surface area (Å²) in [7, 11) is 1.43. The average molecular weight is 815 g/mol. The maximum atomic E-state index is 14.4. The Morgan fingerprint density at radius 2 is 1.56 bits per heavy atom. The van der Waals surface area contributed by atoms with Gasteiger partial charge in [-0.2, -0.15) is 0 Å². The molecule has 0 saturated heterocycles. The Bertz CT molecular complexity index is 2240. The molecule has 1 amide bonds. The monoisotopic (exact) mass is 814 g/mol. The lowest BCUT2D eigenvalue weighted by Crippen LogP contribution is -2.46. The minimum atomic E-state index is -2.05. The van der Waals surface area contributed by atoms with E-state index in [9.17, 15) is 39.9 Å². The molecule has 0 aromatic heterocycles. The molecule has 14 nitrogen and oxygen atoms in total. The number of aliphatic imine (C=N–C) groups is 1. The van der Waals surface area contributed by atoms with Gasteiger partial charge in [0.25, 0.3) is 11.7 Å². The summed E-state index contributed by atoms with van der Waals surface area (Å²) in [5, 5.41) is 60.4. The number of nitrogens with zero attached hydrogens (tertiary/aromatic N) is 1. The Labute approximate surface area is 343 Å². The fourth-order valence-corrected chi connectivity index (χ4v) is 7.64. The Balaban J connectivity index is 1.73. The van der Waals surface area contributed by atoms with Gasteiger partial charge in [0.15, 0.2) is 5.75 Å². The molecule has 3 heterocycles.